The molecule has 0 aliphatic rings. The van der Waals surface area contributed by atoms with Gasteiger partial charge in [0.05, 0.1) is 12.2 Å². The van der Waals surface area contributed by atoms with Gasteiger partial charge in [0.25, 0.3) is 5.56 Å². The first-order chi connectivity index (χ1) is 15.4. The lowest BCUT2D eigenvalue weighted by Gasteiger charge is -2.17. The van der Waals surface area contributed by atoms with Gasteiger partial charge in [-0.05, 0) is 61.6 Å². The molecule has 1 heterocycles. The van der Waals surface area contributed by atoms with Crippen LogP contribution in [-0.2, 0) is 19.4 Å². The van der Waals surface area contributed by atoms with E-state index in [2.05, 4.69) is 5.10 Å². The summed E-state index contributed by atoms with van der Waals surface area (Å²) in [6, 6.07) is 21.3. The van der Waals surface area contributed by atoms with Gasteiger partial charge in [0.1, 0.15) is 11.6 Å². The second kappa shape index (κ2) is 9.18. The molecule has 0 saturated heterocycles. The number of aryl methyl sites for hydroxylation is 3. The summed E-state index contributed by atoms with van der Waals surface area (Å²) < 4.78 is 15.2. The van der Waals surface area contributed by atoms with Crippen LogP contribution in [0.1, 0.15) is 27.9 Å². The lowest BCUT2D eigenvalue weighted by Crippen LogP contribution is -2.29. The Morgan fingerprint density at radius 1 is 0.938 bits per heavy atom. The molecule has 0 aliphatic heterocycles. The molecule has 1 aromatic heterocycles. The quantitative estimate of drug-likeness (QED) is 0.459. The van der Waals surface area contributed by atoms with E-state index in [9.17, 15) is 14.3 Å². The zero-order valence-electron chi connectivity index (χ0n) is 18.2. The van der Waals surface area contributed by atoms with Gasteiger partial charge in [-0.3, -0.25) is 4.79 Å². The summed E-state index contributed by atoms with van der Waals surface area (Å²) in [5.41, 5.74) is 5.17. The normalized spacial score (nSPS) is 11.0. The molecule has 4 aromatic rings. The molecule has 0 saturated carbocycles. The zero-order valence-corrected chi connectivity index (χ0v) is 18.2. The van der Waals surface area contributed by atoms with Gasteiger partial charge < -0.3 is 5.11 Å². The largest absolute Gasteiger partial charge is 0.507 e. The Bertz CT molecular complexity index is 1330. The fraction of sp³-hybridized carbons (Fsp3) is 0.185. The highest BCUT2D eigenvalue weighted by Crippen LogP contribution is 2.32. The summed E-state index contributed by atoms with van der Waals surface area (Å²) in [7, 11) is 0. The van der Waals surface area contributed by atoms with Gasteiger partial charge in [0, 0.05) is 16.7 Å². The molecule has 4 nitrogen and oxygen atoms in total. The molecule has 0 unspecified atom stereocenters. The third-order valence-electron chi connectivity index (χ3n) is 5.73. The average Bonchev–Trinajstić information content (AvgIpc) is 2.77. The number of rotatable bonds is 6. The van der Waals surface area contributed by atoms with E-state index in [4.69, 9.17) is 0 Å². The first-order valence-corrected chi connectivity index (χ1v) is 10.6. The number of phenolic OH excluding ortho intramolecular Hbond substituents is 1. The van der Waals surface area contributed by atoms with Crippen LogP contribution in [0.4, 0.5) is 4.39 Å². The van der Waals surface area contributed by atoms with Gasteiger partial charge in [0.2, 0.25) is 0 Å². The second-order valence-corrected chi connectivity index (χ2v) is 7.98. The van der Waals surface area contributed by atoms with Crippen molar-refractivity contribution in [3.8, 4) is 16.9 Å². The van der Waals surface area contributed by atoms with Crippen LogP contribution in [0.5, 0.6) is 5.75 Å². The molecular weight excluding hydrogens is 403 g/mol. The molecular formula is C27H25FN2O2. The monoisotopic (exact) mass is 428 g/mol. The fourth-order valence-electron chi connectivity index (χ4n) is 4.05. The minimum Gasteiger partial charge on any atom is -0.507 e. The topological polar surface area (TPSA) is 55.1 Å². The van der Waals surface area contributed by atoms with Crippen molar-refractivity contribution >= 4 is 0 Å². The number of hydrogen-bond donors (Lipinski definition) is 1. The molecule has 5 heteroatoms. The fourth-order valence-corrected chi connectivity index (χ4v) is 4.05. The van der Waals surface area contributed by atoms with Crippen molar-refractivity contribution in [1.29, 1.82) is 0 Å². The standard InChI is InChI=1S/C27H25FN2O2/c1-18-8-3-4-10-21(18)17-30-27(32)24(15-14-20-9-7-11-22(28)16-20)26(19(2)29-30)23-12-5-6-13-25(23)31/h3-13,16,31H,14-15,17H2,1-2H3. The van der Waals surface area contributed by atoms with Gasteiger partial charge in [-0.2, -0.15) is 5.10 Å². The molecule has 3 aromatic carbocycles. The van der Waals surface area contributed by atoms with E-state index in [1.54, 1.807) is 24.3 Å². The van der Waals surface area contributed by atoms with Crippen molar-refractivity contribution in [3.63, 3.8) is 0 Å². The van der Waals surface area contributed by atoms with Gasteiger partial charge in [0.15, 0.2) is 0 Å². The predicted octanol–water partition coefficient (Wildman–Crippen LogP) is 5.21. The molecule has 1 N–H and O–H groups in total. The number of aromatic nitrogens is 2. The van der Waals surface area contributed by atoms with E-state index in [1.165, 1.54) is 16.8 Å². The Morgan fingerprint density at radius 2 is 1.69 bits per heavy atom. The third kappa shape index (κ3) is 4.47. The highest BCUT2D eigenvalue weighted by molar-refractivity contribution is 5.74. The first kappa shape index (κ1) is 21.5. The second-order valence-electron chi connectivity index (χ2n) is 7.98. The van der Waals surface area contributed by atoms with Crippen LogP contribution in [-0.4, -0.2) is 14.9 Å². The summed E-state index contributed by atoms with van der Waals surface area (Å²) in [5.74, 6) is -0.202. The van der Waals surface area contributed by atoms with Gasteiger partial charge >= 0.3 is 0 Å². The molecule has 32 heavy (non-hydrogen) atoms. The maximum atomic E-state index is 13.7. The highest BCUT2D eigenvalue weighted by atomic mass is 19.1. The van der Waals surface area contributed by atoms with Gasteiger partial charge in [-0.1, -0.05) is 54.6 Å². The van der Waals surface area contributed by atoms with Crippen LogP contribution in [0.25, 0.3) is 11.1 Å². The van der Waals surface area contributed by atoms with E-state index in [1.807, 2.05) is 50.2 Å². The SMILES string of the molecule is Cc1ccccc1Cn1nc(C)c(-c2ccccc2O)c(CCc2cccc(F)c2)c1=O. The van der Waals surface area contributed by atoms with E-state index in [-0.39, 0.29) is 17.1 Å². The first-order valence-electron chi connectivity index (χ1n) is 10.6. The van der Waals surface area contributed by atoms with Crippen molar-refractivity contribution in [2.75, 3.05) is 0 Å². The molecule has 0 spiro atoms. The predicted molar refractivity (Wildman–Crippen MR) is 124 cm³/mol. The van der Waals surface area contributed by atoms with E-state index in [0.29, 0.717) is 41.8 Å². The number of phenols is 1. The Hall–Kier alpha value is -3.73. The number of para-hydroxylation sites is 1. The summed E-state index contributed by atoms with van der Waals surface area (Å²) >= 11 is 0. The van der Waals surface area contributed by atoms with Crippen molar-refractivity contribution in [2.45, 2.75) is 33.2 Å². The van der Waals surface area contributed by atoms with Crippen molar-refractivity contribution in [3.05, 3.63) is 117 Å². The maximum absolute atomic E-state index is 13.7. The molecule has 0 amide bonds. The highest BCUT2D eigenvalue weighted by Gasteiger charge is 2.19. The molecule has 0 radical (unpaired) electrons. The number of halogens is 1. The Balaban J connectivity index is 1.82. The third-order valence-corrected chi connectivity index (χ3v) is 5.73. The van der Waals surface area contributed by atoms with Crippen molar-refractivity contribution < 1.29 is 9.50 Å². The molecule has 0 bridgehead atoms. The average molecular weight is 429 g/mol. The molecule has 0 atom stereocenters. The molecule has 0 aliphatic carbocycles. The van der Waals surface area contributed by atoms with Crippen LogP contribution in [0.2, 0.25) is 0 Å². The van der Waals surface area contributed by atoms with Crippen molar-refractivity contribution in [1.82, 2.24) is 9.78 Å². The van der Waals surface area contributed by atoms with Crippen molar-refractivity contribution in [2.24, 2.45) is 0 Å². The van der Waals surface area contributed by atoms with E-state index < -0.39 is 0 Å². The lowest BCUT2D eigenvalue weighted by molar-refractivity contribution is 0.477. The van der Waals surface area contributed by atoms with E-state index >= 15 is 0 Å². The Morgan fingerprint density at radius 3 is 2.44 bits per heavy atom. The van der Waals surface area contributed by atoms with Gasteiger partial charge in [-0.25, -0.2) is 9.07 Å². The molecule has 162 valence electrons. The van der Waals surface area contributed by atoms with E-state index in [0.717, 1.165) is 16.7 Å². The summed E-state index contributed by atoms with van der Waals surface area (Å²) in [6.07, 6.45) is 0.907. The smallest absolute Gasteiger partial charge is 0.270 e. The summed E-state index contributed by atoms with van der Waals surface area (Å²) in [5, 5.41) is 15.1. The lowest BCUT2D eigenvalue weighted by atomic mass is 9.94. The Kier molecular flexibility index (Phi) is 6.17. The number of nitrogens with zero attached hydrogens (tertiary/aromatic N) is 2. The minimum absolute atomic E-state index is 0.0976. The summed E-state index contributed by atoms with van der Waals surface area (Å²) in [4.78, 5) is 13.6. The van der Waals surface area contributed by atoms with Crippen LogP contribution in [0.3, 0.4) is 0 Å². The van der Waals surface area contributed by atoms with Gasteiger partial charge in [-0.15, -0.1) is 0 Å². The number of hydrogen-bond acceptors (Lipinski definition) is 3. The molecule has 4 rings (SSSR count). The van der Waals surface area contributed by atoms with Crippen LogP contribution >= 0.6 is 0 Å². The number of benzene rings is 3. The Labute approximate surface area is 186 Å². The van der Waals surface area contributed by atoms with Crippen LogP contribution < -0.4 is 5.56 Å². The minimum atomic E-state index is -0.300. The summed E-state index contributed by atoms with van der Waals surface area (Å²) in [6.45, 7) is 4.22. The van der Waals surface area contributed by atoms with Crippen LogP contribution in [0, 0.1) is 19.7 Å². The zero-order chi connectivity index (χ0) is 22.7. The number of aromatic hydroxyl groups is 1. The molecule has 0 fully saturated rings. The maximum Gasteiger partial charge on any atom is 0.270 e. The van der Waals surface area contributed by atoms with Crippen LogP contribution in [0.15, 0.2) is 77.6 Å².